The topological polar surface area (TPSA) is 83.5 Å². The zero-order valence-corrected chi connectivity index (χ0v) is 19.0. The number of rotatable bonds is 8. The number of Topliss-reactive ketones (excluding diaryl/α,β-unsaturated/α-hetero) is 1. The summed E-state index contributed by atoms with van der Waals surface area (Å²) in [6, 6.07) is 16.3. The van der Waals surface area contributed by atoms with Crippen LogP contribution in [0.2, 0.25) is 0 Å². The van der Waals surface area contributed by atoms with Gasteiger partial charge in [-0.15, -0.1) is 11.8 Å². The van der Waals surface area contributed by atoms with E-state index >= 15 is 0 Å². The molecule has 0 aliphatic carbocycles. The van der Waals surface area contributed by atoms with E-state index in [1.54, 1.807) is 56.2 Å². The highest BCUT2D eigenvalue weighted by Gasteiger charge is 2.22. The number of hydrogen-bond acceptors (Lipinski definition) is 6. The summed E-state index contributed by atoms with van der Waals surface area (Å²) < 4.78 is 0. The fourth-order valence-corrected chi connectivity index (χ4v) is 3.47. The summed E-state index contributed by atoms with van der Waals surface area (Å²) in [5, 5.41) is 0. The molecular formula is C24H24N4O3S. The maximum Gasteiger partial charge on any atom is 0.253 e. The number of ketones is 1. The molecule has 0 N–H and O–H groups in total. The zero-order chi connectivity index (χ0) is 23.1. The molecule has 2 aromatic carbocycles. The van der Waals surface area contributed by atoms with E-state index in [-0.39, 0.29) is 24.7 Å². The molecule has 0 saturated heterocycles. The number of thioether (sulfide) groups is 1. The van der Waals surface area contributed by atoms with Crippen LogP contribution in [0.1, 0.15) is 33.0 Å². The maximum atomic E-state index is 13.2. The second-order valence-corrected chi connectivity index (χ2v) is 8.13. The van der Waals surface area contributed by atoms with Crippen LogP contribution in [0.3, 0.4) is 0 Å². The number of anilines is 1. The summed E-state index contributed by atoms with van der Waals surface area (Å²) in [5.41, 5.74) is 1.91. The van der Waals surface area contributed by atoms with Gasteiger partial charge in [-0.05, 0) is 48.2 Å². The van der Waals surface area contributed by atoms with Crippen LogP contribution in [0.5, 0.6) is 0 Å². The molecule has 1 aromatic heterocycles. The second-order valence-electron chi connectivity index (χ2n) is 7.25. The lowest BCUT2D eigenvalue weighted by Gasteiger charge is -2.24. The molecule has 32 heavy (non-hydrogen) atoms. The molecule has 0 atom stereocenters. The normalized spacial score (nSPS) is 10.5. The summed E-state index contributed by atoms with van der Waals surface area (Å²) in [7, 11) is 3.34. The molecule has 164 valence electrons. The van der Waals surface area contributed by atoms with Crippen molar-refractivity contribution in [3.63, 3.8) is 0 Å². The van der Waals surface area contributed by atoms with Crippen molar-refractivity contribution in [3.05, 3.63) is 83.9 Å². The maximum absolute atomic E-state index is 13.2. The van der Waals surface area contributed by atoms with Gasteiger partial charge in [0, 0.05) is 42.6 Å². The Morgan fingerprint density at radius 2 is 1.62 bits per heavy atom. The lowest BCUT2D eigenvalue weighted by molar-refractivity contribution is -0.117. The Morgan fingerprint density at radius 1 is 0.938 bits per heavy atom. The van der Waals surface area contributed by atoms with E-state index < -0.39 is 11.7 Å². The minimum Gasteiger partial charge on any atom is -0.345 e. The van der Waals surface area contributed by atoms with E-state index in [4.69, 9.17) is 0 Å². The Labute approximate surface area is 191 Å². The zero-order valence-electron chi connectivity index (χ0n) is 18.2. The van der Waals surface area contributed by atoms with Crippen molar-refractivity contribution in [2.75, 3.05) is 25.3 Å². The molecule has 2 amide bonds. The van der Waals surface area contributed by atoms with Gasteiger partial charge in [-0.1, -0.05) is 18.2 Å². The van der Waals surface area contributed by atoms with E-state index in [0.717, 1.165) is 10.5 Å². The van der Waals surface area contributed by atoms with Crippen LogP contribution in [-0.4, -0.2) is 52.8 Å². The number of amides is 2. The van der Waals surface area contributed by atoms with Gasteiger partial charge in [0.05, 0.1) is 13.0 Å². The molecule has 0 aliphatic rings. The molecule has 0 fully saturated rings. The van der Waals surface area contributed by atoms with Crippen LogP contribution in [0, 0.1) is 0 Å². The van der Waals surface area contributed by atoms with Crippen LogP contribution < -0.4 is 4.90 Å². The lowest BCUT2D eigenvalue weighted by atomic mass is 10.1. The van der Waals surface area contributed by atoms with Crippen molar-refractivity contribution >= 4 is 35.0 Å². The van der Waals surface area contributed by atoms with Gasteiger partial charge in [0.1, 0.15) is 0 Å². The second kappa shape index (κ2) is 10.7. The smallest absolute Gasteiger partial charge is 0.253 e. The molecular weight excluding hydrogens is 424 g/mol. The lowest BCUT2D eigenvalue weighted by Crippen LogP contribution is -2.32. The Kier molecular flexibility index (Phi) is 7.72. The van der Waals surface area contributed by atoms with Gasteiger partial charge < -0.3 is 9.80 Å². The van der Waals surface area contributed by atoms with Gasteiger partial charge in [0.25, 0.3) is 5.91 Å². The van der Waals surface area contributed by atoms with E-state index in [9.17, 15) is 14.4 Å². The summed E-state index contributed by atoms with van der Waals surface area (Å²) in [5.74, 6) is -1.02. The van der Waals surface area contributed by atoms with Crippen molar-refractivity contribution in [2.45, 2.75) is 17.9 Å². The molecule has 0 radical (unpaired) electrons. The van der Waals surface area contributed by atoms with Crippen molar-refractivity contribution in [3.8, 4) is 0 Å². The average molecular weight is 449 g/mol. The van der Waals surface area contributed by atoms with Gasteiger partial charge in [-0.25, -0.2) is 9.97 Å². The SMILES string of the molecule is CSc1ccc(CN(C(=O)CC(=O)c2ncccn2)c2cccc(C(=O)N(C)C)c2)cc1. The average Bonchev–Trinajstić information content (AvgIpc) is 2.82. The number of nitrogens with zero attached hydrogens (tertiary/aromatic N) is 4. The highest BCUT2D eigenvalue weighted by molar-refractivity contribution is 7.98. The molecule has 0 unspecified atom stereocenters. The highest BCUT2D eigenvalue weighted by atomic mass is 32.2. The van der Waals surface area contributed by atoms with Crippen LogP contribution in [-0.2, 0) is 11.3 Å². The van der Waals surface area contributed by atoms with Gasteiger partial charge in [0.15, 0.2) is 5.82 Å². The van der Waals surface area contributed by atoms with Crippen molar-refractivity contribution < 1.29 is 14.4 Å². The fourth-order valence-electron chi connectivity index (χ4n) is 3.06. The molecule has 0 aliphatic heterocycles. The van der Waals surface area contributed by atoms with Crippen LogP contribution in [0.15, 0.2) is 71.9 Å². The predicted octanol–water partition coefficient (Wildman–Crippen LogP) is 3.71. The number of hydrogen-bond donors (Lipinski definition) is 0. The first-order chi connectivity index (χ1) is 15.4. The Hall–Kier alpha value is -3.52. The van der Waals surface area contributed by atoms with Gasteiger partial charge in [-0.2, -0.15) is 0 Å². The molecule has 1 heterocycles. The van der Waals surface area contributed by atoms with Gasteiger partial charge in [-0.3, -0.25) is 14.4 Å². The van der Waals surface area contributed by atoms with E-state index in [2.05, 4.69) is 9.97 Å². The molecule has 0 spiro atoms. The summed E-state index contributed by atoms with van der Waals surface area (Å²) in [4.78, 5) is 50.2. The highest BCUT2D eigenvalue weighted by Crippen LogP contribution is 2.23. The minimum absolute atomic E-state index is 0.00154. The predicted molar refractivity (Wildman–Crippen MR) is 125 cm³/mol. The van der Waals surface area contributed by atoms with E-state index in [1.807, 2.05) is 30.5 Å². The van der Waals surface area contributed by atoms with Crippen LogP contribution in [0.4, 0.5) is 5.69 Å². The third kappa shape index (κ3) is 5.79. The molecule has 0 saturated carbocycles. The van der Waals surface area contributed by atoms with Crippen molar-refractivity contribution in [1.82, 2.24) is 14.9 Å². The summed E-state index contributed by atoms with van der Waals surface area (Å²) in [6.45, 7) is 0.260. The first-order valence-corrected chi connectivity index (χ1v) is 11.2. The number of carbonyl (C=O) groups excluding carboxylic acids is 3. The van der Waals surface area contributed by atoms with Crippen LogP contribution in [0.25, 0.3) is 0 Å². The molecule has 3 rings (SSSR count). The largest absolute Gasteiger partial charge is 0.345 e. The third-order valence-corrected chi connectivity index (χ3v) is 5.48. The number of benzene rings is 2. The first kappa shape index (κ1) is 23.1. The molecule has 8 heteroatoms. The standard InChI is InChI=1S/C24H24N4O3S/c1-27(2)24(31)18-6-4-7-19(14-18)28(16-17-8-10-20(32-3)11-9-17)22(30)15-21(29)23-25-12-5-13-26-23/h4-14H,15-16H2,1-3H3. The van der Waals surface area contributed by atoms with Crippen molar-refractivity contribution in [1.29, 1.82) is 0 Å². The Bertz CT molecular complexity index is 1100. The Balaban J connectivity index is 1.91. The van der Waals surface area contributed by atoms with E-state index in [0.29, 0.717) is 11.3 Å². The molecule has 7 nitrogen and oxygen atoms in total. The minimum atomic E-state index is -0.459. The fraction of sp³-hybridized carbons (Fsp3) is 0.208. The first-order valence-electron chi connectivity index (χ1n) is 9.94. The summed E-state index contributed by atoms with van der Waals surface area (Å²) >= 11 is 1.63. The van der Waals surface area contributed by atoms with Gasteiger partial charge in [0.2, 0.25) is 11.7 Å². The molecule has 3 aromatic rings. The summed E-state index contributed by atoms with van der Waals surface area (Å²) in [6.07, 6.45) is 4.55. The molecule has 0 bridgehead atoms. The third-order valence-electron chi connectivity index (χ3n) is 4.74. The van der Waals surface area contributed by atoms with Crippen molar-refractivity contribution in [2.24, 2.45) is 0 Å². The van der Waals surface area contributed by atoms with E-state index in [1.165, 1.54) is 22.2 Å². The monoisotopic (exact) mass is 448 g/mol. The van der Waals surface area contributed by atoms with Gasteiger partial charge >= 0.3 is 0 Å². The number of aromatic nitrogens is 2. The quantitative estimate of drug-likeness (QED) is 0.297. The Morgan fingerprint density at radius 3 is 2.25 bits per heavy atom. The van der Waals surface area contributed by atoms with Crippen LogP contribution >= 0.6 is 11.8 Å². The number of carbonyl (C=O) groups is 3.